The van der Waals surface area contributed by atoms with E-state index in [-0.39, 0.29) is 18.1 Å². The van der Waals surface area contributed by atoms with Gasteiger partial charge in [0.2, 0.25) is 5.91 Å². The van der Waals surface area contributed by atoms with Gasteiger partial charge in [0.05, 0.1) is 5.51 Å². The number of carbonyl (C=O) groups is 3. The molecule has 1 aromatic heterocycles. The average molecular weight is 571 g/mol. The Labute approximate surface area is 232 Å². The number of halogens is 3. The Bertz CT molecular complexity index is 1440. The zero-order chi connectivity index (χ0) is 28.6. The van der Waals surface area contributed by atoms with Crippen molar-refractivity contribution in [2.45, 2.75) is 36.9 Å². The summed E-state index contributed by atoms with van der Waals surface area (Å²) in [6, 6.07) is 8.43. The van der Waals surface area contributed by atoms with Gasteiger partial charge in [0.15, 0.2) is 6.04 Å². The summed E-state index contributed by atoms with van der Waals surface area (Å²) in [5.74, 6) is -4.76. The number of rotatable bonds is 8. The number of alkyl halides is 2. The highest BCUT2D eigenvalue weighted by atomic mass is 32.1. The van der Waals surface area contributed by atoms with Crippen LogP contribution in [0.3, 0.4) is 0 Å². The highest BCUT2D eigenvalue weighted by molar-refractivity contribution is 7.07. The van der Waals surface area contributed by atoms with Crippen LogP contribution < -0.4 is 9.80 Å². The van der Waals surface area contributed by atoms with Crippen molar-refractivity contribution in [1.29, 1.82) is 0 Å². The average Bonchev–Trinajstić information content (AvgIpc) is 3.58. The van der Waals surface area contributed by atoms with Crippen molar-refractivity contribution in [2.24, 2.45) is 0 Å². The number of hydrogen-bond acceptors (Lipinski definition) is 6. The van der Waals surface area contributed by atoms with E-state index >= 15 is 0 Å². The molecule has 1 saturated heterocycles. The summed E-state index contributed by atoms with van der Waals surface area (Å²) in [7, 11) is 1.41. The number of amides is 3. The highest BCUT2D eigenvalue weighted by Gasteiger charge is 2.51. The number of thiazole rings is 1. The van der Waals surface area contributed by atoms with E-state index in [0.717, 1.165) is 15.9 Å². The number of anilines is 2. The normalized spacial score (nSPS) is 18.9. The van der Waals surface area contributed by atoms with Gasteiger partial charge in [-0.3, -0.25) is 14.5 Å². The van der Waals surface area contributed by atoms with E-state index in [9.17, 15) is 27.6 Å². The minimum Gasteiger partial charge on any atom is -0.446 e. The van der Waals surface area contributed by atoms with Crippen molar-refractivity contribution in [3.63, 3.8) is 0 Å². The van der Waals surface area contributed by atoms with Crippen molar-refractivity contribution in [1.82, 2.24) is 9.88 Å². The first-order valence-corrected chi connectivity index (χ1v) is 13.3. The van der Waals surface area contributed by atoms with Gasteiger partial charge in [-0.2, -0.15) is 0 Å². The molecule has 2 aliphatic rings. The van der Waals surface area contributed by atoms with Gasteiger partial charge in [0, 0.05) is 37.0 Å². The molecule has 0 unspecified atom stereocenters. The number of ether oxygens (including phenoxy) is 1. The van der Waals surface area contributed by atoms with Crippen LogP contribution in [0.5, 0.6) is 0 Å². The summed E-state index contributed by atoms with van der Waals surface area (Å²) >= 11 is 1.21. The van der Waals surface area contributed by atoms with Crippen LogP contribution in [-0.2, 0) is 14.3 Å². The number of cyclic esters (lactones) is 1. The summed E-state index contributed by atoms with van der Waals surface area (Å²) in [4.78, 5) is 48.8. The van der Waals surface area contributed by atoms with E-state index in [2.05, 4.69) is 11.6 Å². The molecule has 3 amide bonds. The van der Waals surface area contributed by atoms with E-state index in [1.165, 1.54) is 53.1 Å². The van der Waals surface area contributed by atoms with Crippen LogP contribution >= 0.6 is 11.3 Å². The predicted octanol–water partition coefficient (Wildman–Crippen LogP) is 5.28. The molecule has 2 fully saturated rings. The molecule has 12 heteroatoms. The molecular formula is C28H25F3N4O4S. The molecule has 0 spiro atoms. The number of carbonyl (C=O) groups excluding carboxylic acids is 3. The minimum atomic E-state index is -2.89. The van der Waals surface area contributed by atoms with E-state index in [1.807, 2.05) is 0 Å². The number of benzene rings is 2. The molecule has 1 aliphatic carbocycles. The summed E-state index contributed by atoms with van der Waals surface area (Å²) in [6.45, 7) is 3.48. The van der Waals surface area contributed by atoms with Crippen molar-refractivity contribution in [3.05, 3.63) is 82.9 Å². The zero-order valence-electron chi connectivity index (χ0n) is 21.4. The summed E-state index contributed by atoms with van der Waals surface area (Å²) in [6.07, 6.45) is -0.319. The molecule has 2 atom stereocenters. The van der Waals surface area contributed by atoms with E-state index in [0.29, 0.717) is 11.1 Å². The number of nitrogens with zero attached hydrogens (tertiary/aromatic N) is 4. The first-order chi connectivity index (χ1) is 19.1. The van der Waals surface area contributed by atoms with Gasteiger partial charge in [-0.05, 0) is 29.3 Å². The minimum absolute atomic E-state index is 0.0344. The summed E-state index contributed by atoms with van der Waals surface area (Å²) < 4.78 is 47.3. The number of aromatic nitrogens is 1. The Morgan fingerprint density at radius 1 is 1.23 bits per heavy atom. The predicted molar refractivity (Wildman–Crippen MR) is 144 cm³/mol. The lowest BCUT2D eigenvalue weighted by Crippen LogP contribution is -2.56. The maximum atomic E-state index is 14.5. The molecule has 0 N–H and O–H groups in total. The van der Waals surface area contributed by atoms with Crippen LogP contribution in [0.15, 0.2) is 66.0 Å². The quantitative estimate of drug-likeness (QED) is 0.368. The first-order valence-electron chi connectivity index (χ1n) is 12.4. The monoisotopic (exact) mass is 570 g/mol. The highest BCUT2D eigenvalue weighted by Crippen LogP contribution is 2.42. The fourth-order valence-corrected chi connectivity index (χ4v) is 5.50. The van der Waals surface area contributed by atoms with Crippen LogP contribution in [0.25, 0.3) is 6.08 Å². The largest absolute Gasteiger partial charge is 0.446 e. The molecule has 2 aromatic carbocycles. The summed E-state index contributed by atoms with van der Waals surface area (Å²) in [5.41, 5.74) is 2.39. The maximum Gasteiger partial charge on any atom is 0.416 e. The van der Waals surface area contributed by atoms with Crippen molar-refractivity contribution in [3.8, 4) is 0 Å². The molecule has 1 aliphatic heterocycles. The lowest BCUT2D eigenvalue weighted by atomic mass is 9.86. The number of hydrogen-bond donors (Lipinski definition) is 0. The third kappa shape index (κ3) is 5.06. The molecule has 0 bridgehead atoms. The number of likely N-dealkylation sites (N-methyl/N-ethyl adjacent to an activating group) is 1. The molecule has 3 aromatic rings. The molecule has 8 nitrogen and oxygen atoms in total. The van der Waals surface area contributed by atoms with E-state index < -0.39 is 60.6 Å². The lowest BCUT2D eigenvalue weighted by molar-refractivity contribution is -0.152. The lowest BCUT2D eigenvalue weighted by Gasteiger charge is -2.43. The fraction of sp³-hybridized carbons (Fsp3) is 0.286. The van der Waals surface area contributed by atoms with Crippen molar-refractivity contribution >= 4 is 46.8 Å². The second-order valence-corrected chi connectivity index (χ2v) is 10.3. The maximum absolute atomic E-state index is 14.5. The summed E-state index contributed by atoms with van der Waals surface area (Å²) in [5, 5.41) is 1.57. The Morgan fingerprint density at radius 3 is 2.62 bits per heavy atom. The molecule has 40 heavy (non-hydrogen) atoms. The smallest absolute Gasteiger partial charge is 0.416 e. The Morgan fingerprint density at radius 2 is 1.98 bits per heavy atom. The van der Waals surface area contributed by atoms with E-state index in [4.69, 9.17) is 4.74 Å². The van der Waals surface area contributed by atoms with E-state index in [1.54, 1.807) is 29.6 Å². The van der Waals surface area contributed by atoms with Crippen LogP contribution in [0.1, 0.15) is 30.0 Å². The molecular weight excluding hydrogens is 545 g/mol. The van der Waals surface area contributed by atoms with Gasteiger partial charge in [-0.15, -0.1) is 11.3 Å². The Hall–Kier alpha value is -4.19. The van der Waals surface area contributed by atoms with Gasteiger partial charge < -0.3 is 9.64 Å². The fourth-order valence-electron chi connectivity index (χ4n) is 4.98. The van der Waals surface area contributed by atoms with Crippen LogP contribution in [0, 0.1) is 5.82 Å². The molecule has 5 rings (SSSR count). The third-order valence-electron chi connectivity index (χ3n) is 7.11. The van der Waals surface area contributed by atoms with Crippen molar-refractivity contribution in [2.75, 3.05) is 23.5 Å². The first kappa shape index (κ1) is 27.4. The second-order valence-electron chi connectivity index (χ2n) is 9.60. The van der Waals surface area contributed by atoms with Gasteiger partial charge in [-0.1, -0.05) is 43.0 Å². The third-order valence-corrected chi connectivity index (χ3v) is 7.69. The van der Waals surface area contributed by atoms with Gasteiger partial charge in [0.25, 0.3) is 11.8 Å². The standard InChI is InChI=1S/C28H25F3N4O4S/c1-3-17-7-4-5-10-21(17)24(26(37)33(2)20-12-28(30,31)13-20)34(19-9-6-8-18(29)11-19)25(36)22-14-39-27(38)35(22)23-15-40-16-32-23/h3-11,15-16,20,22,24H,1,12-14H2,2H3/t22-,24-/m0/s1. The molecule has 208 valence electrons. The van der Waals surface area contributed by atoms with Crippen LogP contribution in [0.4, 0.5) is 29.5 Å². The SMILES string of the molecule is C=Cc1ccccc1[C@@H](C(=O)N(C)C1CC(F)(F)C1)N(C(=O)[C@@H]1COC(=O)N1c1cscn1)c1cccc(F)c1. The molecule has 0 radical (unpaired) electrons. The second kappa shape index (κ2) is 10.8. The van der Waals surface area contributed by atoms with Crippen molar-refractivity contribution < 1.29 is 32.3 Å². The van der Waals surface area contributed by atoms with Crippen LogP contribution in [0.2, 0.25) is 0 Å². The van der Waals surface area contributed by atoms with Gasteiger partial charge in [-0.25, -0.2) is 27.8 Å². The zero-order valence-corrected chi connectivity index (χ0v) is 22.2. The van der Waals surface area contributed by atoms with Gasteiger partial charge in [0.1, 0.15) is 24.3 Å². The molecule has 2 heterocycles. The van der Waals surface area contributed by atoms with Crippen LogP contribution in [-0.4, -0.2) is 59.5 Å². The Kier molecular flexibility index (Phi) is 7.37. The van der Waals surface area contributed by atoms with Gasteiger partial charge >= 0.3 is 6.09 Å². The topological polar surface area (TPSA) is 83.1 Å². The Balaban J connectivity index is 1.65. The molecule has 1 saturated carbocycles.